The third kappa shape index (κ3) is 3.63. The highest BCUT2D eigenvalue weighted by molar-refractivity contribution is 5.91. The molecule has 0 aromatic heterocycles. The third-order valence-corrected chi connectivity index (χ3v) is 2.41. The van der Waals surface area contributed by atoms with E-state index in [9.17, 15) is 9.59 Å². The van der Waals surface area contributed by atoms with Gasteiger partial charge in [0.1, 0.15) is 0 Å². The molecule has 0 aliphatic carbocycles. The van der Waals surface area contributed by atoms with Gasteiger partial charge in [-0.2, -0.15) is 0 Å². The Morgan fingerprint density at radius 3 is 2.28 bits per heavy atom. The fraction of sp³-hybridized carbons (Fsp3) is 0.286. The summed E-state index contributed by atoms with van der Waals surface area (Å²) in [6.07, 6.45) is 0. The molecule has 1 amide bonds. The maximum atomic E-state index is 11.0. The number of rotatable bonds is 2. The van der Waals surface area contributed by atoms with E-state index in [0.29, 0.717) is 16.7 Å². The molecule has 0 unspecified atom stereocenters. The largest absolute Gasteiger partial charge is 0.478 e. The van der Waals surface area contributed by atoms with E-state index in [-0.39, 0.29) is 12.5 Å². The topological polar surface area (TPSA) is 66.4 Å². The van der Waals surface area contributed by atoms with Gasteiger partial charge in [0, 0.05) is 12.5 Å². The molecule has 1 aromatic rings. The highest BCUT2D eigenvalue weighted by Gasteiger charge is 2.10. The SMILES string of the molecule is CC(=O)NCC#Cc1cc(C)c(C(=O)O)c(C)c1. The average Bonchev–Trinajstić information content (AvgIpc) is 2.22. The summed E-state index contributed by atoms with van der Waals surface area (Å²) in [5.74, 6) is 4.64. The minimum absolute atomic E-state index is 0.127. The first kappa shape index (κ1) is 13.8. The van der Waals surface area contributed by atoms with Crippen molar-refractivity contribution in [2.75, 3.05) is 6.54 Å². The highest BCUT2D eigenvalue weighted by Crippen LogP contribution is 2.16. The van der Waals surface area contributed by atoms with Crippen LogP contribution in [0.25, 0.3) is 0 Å². The molecule has 4 nitrogen and oxygen atoms in total. The second-order valence-electron chi connectivity index (χ2n) is 4.00. The molecule has 0 bridgehead atoms. The molecule has 0 heterocycles. The average molecular weight is 245 g/mol. The molecule has 0 aliphatic heterocycles. The quantitative estimate of drug-likeness (QED) is 0.776. The third-order valence-electron chi connectivity index (χ3n) is 2.41. The number of aromatic carboxylic acids is 1. The molecule has 0 radical (unpaired) electrons. The number of carbonyl (C=O) groups excluding carboxylic acids is 1. The van der Waals surface area contributed by atoms with Crippen molar-refractivity contribution >= 4 is 11.9 Å². The molecule has 0 spiro atoms. The molecule has 0 aliphatic rings. The Hall–Kier alpha value is -2.28. The van der Waals surface area contributed by atoms with E-state index in [2.05, 4.69) is 17.2 Å². The Bertz CT molecular complexity index is 527. The highest BCUT2D eigenvalue weighted by atomic mass is 16.4. The Morgan fingerprint density at radius 2 is 1.83 bits per heavy atom. The van der Waals surface area contributed by atoms with Crippen LogP contribution in [0.5, 0.6) is 0 Å². The van der Waals surface area contributed by atoms with Crippen molar-refractivity contribution in [1.29, 1.82) is 0 Å². The minimum atomic E-state index is -0.928. The lowest BCUT2D eigenvalue weighted by atomic mass is 9.99. The summed E-state index contributed by atoms with van der Waals surface area (Å²) in [7, 11) is 0. The molecule has 94 valence electrons. The van der Waals surface area contributed by atoms with Crippen molar-refractivity contribution in [2.24, 2.45) is 0 Å². The lowest BCUT2D eigenvalue weighted by molar-refractivity contribution is -0.118. The zero-order valence-electron chi connectivity index (χ0n) is 10.6. The van der Waals surface area contributed by atoms with Crippen LogP contribution in [0.2, 0.25) is 0 Å². The molecule has 0 saturated carbocycles. The molecule has 18 heavy (non-hydrogen) atoms. The lowest BCUT2D eigenvalue weighted by Crippen LogP contribution is -2.19. The van der Waals surface area contributed by atoms with Crippen LogP contribution in [0.15, 0.2) is 12.1 Å². The number of benzene rings is 1. The summed E-state index contributed by atoms with van der Waals surface area (Å²) in [4.78, 5) is 21.6. The first-order valence-corrected chi connectivity index (χ1v) is 5.49. The van der Waals surface area contributed by atoms with Gasteiger partial charge >= 0.3 is 5.97 Å². The van der Waals surface area contributed by atoms with E-state index in [1.165, 1.54) is 6.92 Å². The normalized spacial score (nSPS) is 9.28. The summed E-state index contributed by atoms with van der Waals surface area (Å²) in [5.41, 5.74) is 2.44. The summed E-state index contributed by atoms with van der Waals surface area (Å²) in [5, 5.41) is 11.6. The fourth-order valence-corrected chi connectivity index (χ4v) is 1.69. The van der Waals surface area contributed by atoms with Crippen molar-refractivity contribution in [1.82, 2.24) is 5.32 Å². The van der Waals surface area contributed by atoms with Crippen LogP contribution in [0.4, 0.5) is 0 Å². The molecule has 1 aromatic carbocycles. The van der Waals surface area contributed by atoms with Gasteiger partial charge in [-0.3, -0.25) is 4.79 Å². The van der Waals surface area contributed by atoms with Crippen LogP contribution in [0.3, 0.4) is 0 Å². The summed E-state index contributed by atoms with van der Waals surface area (Å²) >= 11 is 0. The number of carboxylic acid groups (broad SMARTS) is 1. The first-order valence-electron chi connectivity index (χ1n) is 5.49. The molecule has 2 N–H and O–H groups in total. The molecule has 0 saturated heterocycles. The predicted octanol–water partition coefficient (Wildman–Crippen LogP) is 1.49. The number of hydrogen-bond acceptors (Lipinski definition) is 2. The van der Waals surface area contributed by atoms with Gasteiger partial charge < -0.3 is 10.4 Å². The van der Waals surface area contributed by atoms with Crippen LogP contribution in [0, 0.1) is 25.7 Å². The monoisotopic (exact) mass is 245 g/mol. The van der Waals surface area contributed by atoms with Gasteiger partial charge in [-0.1, -0.05) is 11.8 Å². The second kappa shape index (κ2) is 5.87. The van der Waals surface area contributed by atoms with Crippen LogP contribution in [0.1, 0.15) is 34.0 Å². The minimum Gasteiger partial charge on any atom is -0.478 e. The summed E-state index contributed by atoms with van der Waals surface area (Å²) < 4.78 is 0. The number of aryl methyl sites for hydroxylation is 2. The van der Waals surface area contributed by atoms with Crippen molar-refractivity contribution in [3.8, 4) is 11.8 Å². The fourth-order valence-electron chi connectivity index (χ4n) is 1.69. The van der Waals surface area contributed by atoms with Gasteiger partial charge in [-0.05, 0) is 37.1 Å². The zero-order chi connectivity index (χ0) is 13.7. The Morgan fingerprint density at radius 1 is 1.28 bits per heavy atom. The molecule has 1 rings (SSSR count). The van der Waals surface area contributed by atoms with Crippen LogP contribution in [-0.4, -0.2) is 23.5 Å². The number of nitrogens with one attached hydrogen (secondary N) is 1. The van der Waals surface area contributed by atoms with Crippen molar-refractivity contribution in [3.05, 3.63) is 34.4 Å². The predicted molar refractivity (Wildman–Crippen MR) is 68.4 cm³/mol. The zero-order valence-corrected chi connectivity index (χ0v) is 10.6. The van der Waals surface area contributed by atoms with E-state index in [0.717, 1.165) is 5.56 Å². The van der Waals surface area contributed by atoms with Gasteiger partial charge in [0.2, 0.25) is 5.91 Å². The number of amides is 1. The van der Waals surface area contributed by atoms with Gasteiger partial charge in [0.15, 0.2) is 0 Å². The number of carbonyl (C=O) groups is 2. The van der Waals surface area contributed by atoms with Crippen molar-refractivity contribution in [2.45, 2.75) is 20.8 Å². The van der Waals surface area contributed by atoms with Crippen LogP contribution < -0.4 is 5.32 Å². The van der Waals surface area contributed by atoms with Crippen LogP contribution >= 0.6 is 0 Å². The second-order valence-corrected chi connectivity index (χ2v) is 4.00. The van der Waals surface area contributed by atoms with Gasteiger partial charge in [0.05, 0.1) is 12.1 Å². The van der Waals surface area contributed by atoms with Crippen molar-refractivity contribution < 1.29 is 14.7 Å². The number of hydrogen-bond donors (Lipinski definition) is 2. The standard InChI is InChI=1S/C14H15NO3/c1-9-7-12(5-4-6-15-11(3)16)8-10(2)13(9)14(17)18/h7-8H,6H2,1-3H3,(H,15,16)(H,17,18). The summed E-state index contributed by atoms with van der Waals surface area (Å²) in [6, 6.07) is 3.47. The Labute approximate surface area is 106 Å². The molecule has 4 heteroatoms. The van der Waals surface area contributed by atoms with E-state index < -0.39 is 5.97 Å². The molecular formula is C14H15NO3. The maximum Gasteiger partial charge on any atom is 0.336 e. The smallest absolute Gasteiger partial charge is 0.336 e. The van der Waals surface area contributed by atoms with E-state index in [1.54, 1.807) is 26.0 Å². The van der Waals surface area contributed by atoms with E-state index in [4.69, 9.17) is 5.11 Å². The van der Waals surface area contributed by atoms with E-state index >= 15 is 0 Å². The van der Waals surface area contributed by atoms with Gasteiger partial charge in [-0.15, -0.1) is 0 Å². The first-order chi connectivity index (χ1) is 8.41. The molecular weight excluding hydrogens is 230 g/mol. The van der Waals surface area contributed by atoms with Gasteiger partial charge in [-0.25, -0.2) is 4.79 Å². The molecule has 0 fully saturated rings. The van der Waals surface area contributed by atoms with Crippen LogP contribution in [-0.2, 0) is 4.79 Å². The lowest BCUT2D eigenvalue weighted by Gasteiger charge is -2.05. The number of carboxylic acids is 1. The van der Waals surface area contributed by atoms with Gasteiger partial charge in [0.25, 0.3) is 0 Å². The maximum absolute atomic E-state index is 11.0. The van der Waals surface area contributed by atoms with E-state index in [1.807, 2.05) is 0 Å². The molecule has 0 atom stereocenters. The Balaban J connectivity index is 2.93. The summed E-state index contributed by atoms with van der Waals surface area (Å²) in [6.45, 7) is 5.21. The Kier molecular flexibility index (Phi) is 4.50. The van der Waals surface area contributed by atoms with Crippen molar-refractivity contribution in [3.63, 3.8) is 0 Å².